The number of benzene rings is 1. The van der Waals surface area contributed by atoms with Crippen LogP contribution in [0.5, 0.6) is 0 Å². The number of aliphatic carboxylic acids is 1. The van der Waals surface area contributed by atoms with Crippen molar-refractivity contribution >= 4 is 17.6 Å². The number of nitrogens with one attached hydrogen (secondary N) is 1. The third-order valence-corrected chi connectivity index (χ3v) is 2.33. The van der Waals surface area contributed by atoms with Gasteiger partial charge in [-0.2, -0.15) is 0 Å². The Morgan fingerprint density at radius 3 is 2.56 bits per heavy atom. The molecule has 16 heavy (non-hydrogen) atoms. The summed E-state index contributed by atoms with van der Waals surface area (Å²) in [6.07, 6.45) is 0. The second kappa shape index (κ2) is 5.27. The molecule has 88 valence electrons. The van der Waals surface area contributed by atoms with Crippen LogP contribution in [0.1, 0.15) is 25.5 Å². The third kappa shape index (κ3) is 3.18. The maximum atomic E-state index is 13.2. The first kappa shape index (κ1) is 12.9. The van der Waals surface area contributed by atoms with Gasteiger partial charge >= 0.3 is 5.97 Å². The molecule has 3 nitrogen and oxygen atoms in total. The van der Waals surface area contributed by atoms with E-state index in [-0.39, 0.29) is 11.1 Å². The molecule has 0 amide bonds. The van der Waals surface area contributed by atoms with Gasteiger partial charge in [0, 0.05) is 6.04 Å². The van der Waals surface area contributed by atoms with Crippen molar-refractivity contribution in [3.8, 4) is 0 Å². The number of halogens is 2. The zero-order valence-corrected chi connectivity index (χ0v) is 9.75. The number of rotatable bonds is 4. The number of hydrogen-bond acceptors (Lipinski definition) is 2. The highest BCUT2D eigenvalue weighted by Crippen LogP contribution is 2.20. The average molecular weight is 246 g/mol. The third-order valence-electron chi connectivity index (χ3n) is 2.02. The summed E-state index contributed by atoms with van der Waals surface area (Å²) in [7, 11) is 0. The van der Waals surface area contributed by atoms with Gasteiger partial charge in [0.2, 0.25) is 0 Å². The molecule has 0 saturated heterocycles. The van der Waals surface area contributed by atoms with E-state index >= 15 is 0 Å². The first-order chi connectivity index (χ1) is 7.41. The highest BCUT2D eigenvalue weighted by atomic mass is 35.5. The van der Waals surface area contributed by atoms with E-state index < -0.39 is 17.8 Å². The van der Waals surface area contributed by atoms with Crippen molar-refractivity contribution in [1.82, 2.24) is 5.32 Å². The molecule has 1 unspecified atom stereocenters. The van der Waals surface area contributed by atoms with E-state index in [1.807, 2.05) is 13.8 Å². The van der Waals surface area contributed by atoms with Crippen LogP contribution in [0.2, 0.25) is 5.02 Å². The summed E-state index contributed by atoms with van der Waals surface area (Å²) in [6, 6.07) is 3.05. The fourth-order valence-electron chi connectivity index (χ4n) is 1.34. The van der Waals surface area contributed by atoms with Crippen LogP contribution in [0.25, 0.3) is 0 Å². The number of carbonyl (C=O) groups is 1. The molecule has 0 saturated carbocycles. The van der Waals surface area contributed by atoms with Gasteiger partial charge in [-0.15, -0.1) is 0 Å². The predicted molar refractivity (Wildman–Crippen MR) is 60.1 cm³/mol. The van der Waals surface area contributed by atoms with Gasteiger partial charge in [0.05, 0.1) is 5.02 Å². The molecule has 0 fully saturated rings. The molecule has 1 aromatic rings. The van der Waals surface area contributed by atoms with Crippen molar-refractivity contribution in [2.45, 2.75) is 25.9 Å². The van der Waals surface area contributed by atoms with Crippen molar-refractivity contribution in [3.05, 3.63) is 34.6 Å². The van der Waals surface area contributed by atoms with Gasteiger partial charge in [-0.05, 0) is 31.5 Å². The fraction of sp³-hybridized carbons (Fsp3) is 0.364. The van der Waals surface area contributed by atoms with Gasteiger partial charge < -0.3 is 5.11 Å². The van der Waals surface area contributed by atoms with E-state index in [0.717, 1.165) is 6.07 Å². The summed E-state index contributed by atoms with van der Waals surface area (Å²) in [4.78, 5) is 11.0. The average Bonchev–Trinajstić information content (AvgIpc) is 2.18. The molecular formula is C11H13ClFNO2. The molecule has 0 aliphatic rings. The Hall–Kier alpha value is -1.13. The smallest absolute Gasteiger partial charge is 0.325 e. The van der Waals surface area contributed by atoms with Crippen molar-refractivity contribution < 1.29 is 14.3 Å². The summed E-state index contributed by atoms with van der Waals surface area (Å²) < 4.78 is 13.2. The van der Waals surface area contributed by atoms with E-state index in [9.17, 15) is 9.18 Å². The minimum atomic E-state index is -1.05. The normalized spacial score (nSPS) is 12.8. The monoisotopic (exact) mass is 245 g/mol. The van der Waals surface area contributed by atoms with Gasteiger partial charge in [-0.3, -0.25) is 10.1 Å². The standard InChI is InChI=1S/C11H13ClFNO2/c1-6(2)14-10(11(15)16)7-3-4-8(12)9(13)5-7/h3-6,10,14H,1-2H3,(H,15,16). The lowest BCUT2D eigenvalue weighted by Crippen LogP contribution is -2.33. The molecule has 0 aliphatic heterocycles. The molecule has 2 N–H and O–H groups in total. The minimum Gasteiger partial charge on any atom is -0.480 e. The molecule has 1 aromatic carbocycles. The van der Waals surface area contributed by atoms with Crippen molar-refractivity contribution in [2.75, 3.05) is 0 Å². The minimum absolute atomic E-state index is 0.0140. The quantitative estimate of drug-likeness (QED) is 0.857. The van der Waals surface area contributed by atoms with Crippen molar-refractivity contribution in [3.63, 3.8) is 0 Å². The molecule has 0 heterocycles. The first-order valence-electron chi connectivity index (χ1n) is 4.85. The van der Waals surface area contributed by atoms with Crippen molar-refractivity contribution in [2.24, 2.45) is 0 Å². The molecule has 1 atom stereocenters. The second-order valence-electron chi connectivity index (χ2n) is 3.77. The van der Waals surface area contributed by atoms with Crippen LogP contribution >= 0.6 is 11.6 Å². The highest BCUT2D eigenvalue weighted by Gasteiger charge is 2.21. The number of carboxylic acid groups (broad SMARTS) is 1. The summed E-state index contributed by atoms with van der Waals surface area (Å²) >= 11 is 5.53. The summed E-state index contributed by atoms with van der Waals surface area (Å²) in [5, 5.41) is 11.8. The van der Waals surface area contributed by atoms with Crippen molar-refractivity contribution in [1.29, 1.82) is 0 Å². The molecule has 5 heteroatoms. The molecule has 0 aromatic heterocycles. The zero-order valence-electron chi connectivity index (χ0n) is 9.00. The second-order valence-corrected chi connectivity index (χ2v) is 4.17. The Kier molecular flexibility index (Phi) is 4.26. The molecular weight excluding hydrogens is 233 g/mol. The number of hydrogen-bond donors (Lipinski definition) is 2. The van der Waals surface area contributed by atoms with E-state index in [0.29, 0.717) is 5.56 Å². The fourth-order valence-corrected chi connectivity index (χ4v) is 1.45. The van der Waals surface area contributed by atoms with Gasteiger partial charge in [0.15, 0.2) is 0 Å². The molecule has 0 bridgehead atoms. The molecule has 0 aliphatic carbocycles. The van der Waals surface area contributed by atoms with Crippen LogP contribution in [0.15, 0.2) is 18.2 Å². The maximum absolute atomic E-state index is 13.2. The molecule has 1 rings (SSSR count). The van der Waals surface area contributed by atoms with Crippen LogP contribution in [0, 0.1) is 5.82 Å². The Morgan fingerprint density at radius 2 is 2.12 bits per heavy atom. The van der Waals surface area contributed by atoms with Gasteiger partial charge in [-0.25, -0.2) is 4.39 Å². The van der Waals surface area contributed by atoms with E-state index in [1.165, 1.54) is 12.1 Å². The zero-order chi connectivity index (χ0) is 12.3. The first-order valence-corrected chi connectivity index (χ1v) is 5.23. The lowest BCUT2D eigenvalue weighted by Gasteiger charge is -2.17. The van der Waals surface area contributed by atoms with Gasteiger partial charge in [0.1, 0.15) is 11.9 Å². The summed E-state index contributed by atoms with van der Waals surface area (Å²) in [5.41, 5.74) is 0.350. The van der Waals surface area contributed by atoms with Crippen LogP contribution in [0.4, 0.5) is 4.39 Å². The molecule has 0 radical (unpaired) electrons. The SMILES string of the molecule is CC(C)NC(C(=O)O)c1ccc(Cl)c(F)c1. The topological polar surface area (TPSA) is 49.3 Å². The lowest BCUT2D eigenvalue weighted by molar-refractivity contribution is -0.139. The Balaban J connectivity index is 3.01. The van der Waals surface area contributed by atoms with E-state index in [2.05, 4.69) is 5.32 Å². The summed E-state index contributed by atoms with van der Waals surface area (Å²) in [6.45, 7) is 3.64. The van der Waals surface area contributed by atoms with E-state index in [1.54, 1.807) is 0 Å². The van der Waals surface area contributed by atoms with Crippen LogP contribution in [0.3, 0.4) is 0 Å². The van der Waals surface area contributed by atoms with Crippen LogP contribution < -0.4 is 5.32 Å². The molecule has 0 spiro atoms. The predicted octanol–water partition coefficient (Wildman–Crippen LogP) is 2.60. The Morgan fingerprint density at radius 1 is 1.50 bits per heavy atom. The number of carboxylic acids is 1. The largest absolute Gasteiger partial charge is 0.480 e. The Bertz CT molecular complexity index is 396. The van der Waals surface area contributed by atoms with Gasteiger partial charge in [-0.1, -0.05) is 17.7 Å². The van der Waals surface area contributed by atoms with E-state index in [4.69, 9.17) is 16.7 Å². The highest BCUT2D eigenvalue weighted by molar-refractivity contribution is 6.30. The van der Waals surface area contributed by atoms with Gasteiger partial charge in [0.25, 0.3) is 0 Å². The van der Waals surface area contributed by atoms with Crippen LogP contribution in [-0.4, -0.2) is 17.1 Å². The lowest BCUT2D eigenvalue weighted by atomic mass is 10.1. The maximum Gasteiger partial charge on any atom is 0.325 e. The Labute approximate surface area is 98.2 Å². The van der Waals surface area contributed by atoms with Crippen LogP contribution in [-0.2, 0) is 4.79 Å². The summed E-state index contributed by atoms with van der Waals surface area (Å²) in [5.74, 6) is -1.66.